The number of aryl methyl sites for hydroxylation is 1. The maximum atomic E-state index is 12.7. The molecule has 0 spiro atoms. The van der Waals surface area contributed by atoms with Gasteiger partial charge in [-0.05, 0) is 44.7 Å². The van der Waals surface area contributed by atoms with Crippen LogP contribution in [-0.4, -0.2) is 47.8 Å². The van der Waals surface area contributed by atoms with Gasteiger partial charge in [0.25, 0.3) is 0 Å². The Hall–Kier alpha value is -2.02. The highest BCUT2D eigenvalue weighted by atomic mass is 16.5. The lowest BCUT2D eigenvalue weighted by Crippen LogP contribution is -2.51. The van der Waals surface area contributed by atoms with Crippen molar-refractivity contribution in [2.24, 2.45) is 5.92 Å². The van der Waals surface area contributed by atoms with Crippen LogP contribution in [0.3, 0.4) is 0 Å². The van der Waals surface area contributed by atoms with Crippen molar-refractivity contribution in [3.63, 3.8) is 0 Å². The van der Waals surface area contributed by atoms with E-state index in [4.69, 9.17) is 14.3 Å². The molecule has 0 aromatic carbocycles. The zero-order valence-corrected chi connectivity index (χ0v) is 13.9. The highest BCUT2D eigenvalue weighted by molar-refractivity contribution is 5.75. The van der Waals surface area contributed by atoms with Crippen molar-refractivity contribution >= 4 is 12.0 Å². The normalized spacial score (nSPS) is 27.7. The van der Waals surface area contributed by atoms with E-state index in [1.807, 2.05) is 19.1 Å². The first-order valence-corrected chi connectivity index (χ1v) is 8.48. The molecule has 1 saturated heterocycles. The van der Waals surface area contributed by atoms with Gasteiger partial charge in [-0.2, -0.15) is 0 Å². The number of furan rings is 1. The molecule has 7 heteroatoms. The molecule has 2 fully saturated rings. The predicted molar refractivity (Wildman–Crippen MR) is 85.6 cm³/mol. The van der Waals surface area contributed by atoms with Crippen LogP contribution in [0.1, 0.15) is 43.2 Å². The number of morpholine rings is 1. The van der Waals surface area contributed by atoms with Gasteiger partial charge in [0.05, 0.1) is 19.1 Å². The van der Waals surface area contributed by atoms with Crippen molar-refractivity contribution in [3.05, 3.63) is 23.7 Å². The number of nitrogens with one attached hydrogen (secondary N) is 1. The van der Waals surface area contributed by atoms with E-state index in [9.17, 15) is 9.59 Å². The number of aliphatic carboxylic acids is 1. The first-order chi connectivity index (χ1) is 11.5. The quantitative estimate of drug-likeness (QED) is 0.884. The van der Waals surface area contributed by atoms with Gasteiger partial charge >= 0.3 is 12.0 Å². The number of amides is 2. The number of carboxylic acid groups (broad SMARTS) is 1. The minimum Gasteiger partial charge on any atom is -0.481 e. The third-order valence-corrected chi connectivity index (χ3v) is 4.88. The summed E-state index contributed by atoms with van der Waals surface area (Å²) in [7, 11) is 0. The average Bonchev–Trinajstić information content (AvgIpc) is 3.01. The number of carbonyl (C=O) groups is 2. The SMILES string of the molecule is Cc1ccc(C2COCCN2C(=O)NC2CCC(C(=O)O)CC2)o1. The highest BCUT2D eigenvalue weighted by Crippen LogP contribution is 2.28. The van der Waals surface area contributed by atoms with Crippen LogP contribution in [0.5, 0.6) is 0 Å². The summed E-state index contributed by atoms with van der Waals surface area (Å²) < 4.78 is 11.2. The van der Waals surface area contributed by atoms with Crippen molar-refractivity contribution in [1.29, 1.82) is 0 Å². The van der Waals surface area contributed by atoms with Crippen LogP contribution in [0.4, 0.5) is 4.79 Å². The summed E-state index contributed by atoms with van der Waals surface area (Å²) in [6, 6.07) is 3.45. The Morgan fingerprint density at radius 1 is 1.25 bits per heavy atom. The largest absolute Gasteiger partial charge is 0.481 e. The number of carboxylic acids is 1. The van der Waals surface area contributed by atoms with Crippen LogP contribution in [-0.2, 0) is 9.53 Å². The zero-order chi connectivity index (χ0) is 17.1. The molecule has 24 heavy (non-hydrogen) atoms. The Bertz CT molecular complexity index is 592. The lowest BCUT2D eigenvalue weighted by molar-refractivity contribution is -0.142. The van der Waals surface area contributed by atoms with Crippen LogP contribution in [0.15, 0.2) is 16.5 Å². The van der Waals surface area contributed by atoms with Crippen LogP contribution in [0.2, 0.25) is 0 Å². The van der Waals surface area contributed by atoms with E-state index < -0.39 is 5.97 Å². The third kappa shape index (κ3) is 3.72. The Balaban J connectivity index is 1.60. The topological polar surface area (TPSA) is 92.0 Å². The van der Waals surface area contributed by atoms with Gasteiger partial charge in [-0.1, -0.05) is 0 Å². The Kier molecular flexibility index (Phi) is 5.08. The van der Waals surface area contributed by atoms with Gasteiger partial charge in [0.2, 0.25) is 0 Å². The van der Waals surface area contributed by atoms with Crippen molar-refractivity contribution in [2.75, 3.05) is 19.8 Å². The predicted octanol–water partition coefficient (Wildman–Crippen LogP) is 2.31. The molecule has 3 rings (SSSR count). The number of carbonyl (C=O) groups excluding carboxylic acids is 1. The molecular formula is C17H24N2O5. The van der Waals surface area contributed by atoms with Crippen LogP contribution >= 0.6 is 0 Å². The van der Waals surface area contributed by atoms with Gasteiger partial charge in [-0.15, -0.1) is 0 Å². The van der Waals surface area contributed by atoms with Crippen LogP contribution in [0, 0.1) is 12.8 Å². The molecule has 2 heterocycles. The second-order valence-corrected chi connectivity index (χ2v) is 6.57. The zero-order valence-electron chi connectivity index (χ0n) is 13.9. The molecule has 1 saturated carbocycles. The molecule has 1 unspecified atom stereocenters. The van der Waals surface area contributed by atoms with Crippen LogP contribution in [0.25, 0.3) is 0 Å². The van der Waals surface area contributed by atoms with Crippen molar-refractivity contribution in [3.8, 4) is 0 Å². The minimum absolute atomic E-state index is 0.0370. The second kappa shape index (κ2) is 7.25. The summed E-state index contributed by atoms with van der Waals surface area (Å²) in [6.45, 7) is 3.32. The first kappa shape index (κ1) is 16.8. The monoisotopic (exact) mass is 336 g/mol. The fraction of sp³-hybridized carbons (Fsp3) is 0.647. The Labute approximate surface area is 140 Å². The molecule has 1 aliphatic heterocycles. The fourth-order valence-corrected chi connectivity index (χ4v) is 3.46. The van der Waals surface area contributed by atoms with E-state index in [0.29, 0.717) is 45.4 Å². The first-order valence-electron chi connectivity index (χ1n) is 8.48. The molecule has 1 atom stereocenters. The minimum atomic E-state index is -0.735. The van der Waals surface area contributed by atoms with Gasteiger partial charge in [0.15, 0.2) is 0 Å². The Morgan fingerprint density at radius 3 is 2.62 bits per heavy atom. The second-order valence-electron chi connectivity index (χ2n) is 6.57. The van der Waals surface area contributed by atoms with Crippen molar-refractivity contribution in [2.45, 2.75) is 44.7 Å². The molecule has 2 amide bonds. The molecule has 132 valence electrons. The summed E-state index contributed by atoms with van der Waals surface area (Å²) in [5.74, 6) is 0.529. The lowest BCUT2D eigenvalue weighted by Gasteiger charge is -2.36. The number of hydrogen-bond donors (Lipinski definition) is 2. The Morgan fingerprint density at radius 2 is 2.00 bits per heavy atom. The van der Waals surface area contributed by atoms with E-state index in [-0.39, 0.29) is 24.0 Å². The molecule has 0 bridgehead atoms. The van der Waals surface area contributed by atoms with Gasteiger partial charge in [-0.3, -0.25) is 4.79 Å². The van der Waals surface area contributed by atoms with E-state index in [0.717, 1.165) is 11.5 Å². The van der Waals surface area contributed by atoms with E-state index in [1.54, 1.807) is 4.90 Å². The van der Waals surface area contributed by atoms with Gasteiger partial charge in [0, 0.05) is 12.6 Å². The highest BCUT2D eigenvalue weighted by Gasteiger charge is 2.33. The molecule has 1 aliphatic carbocycles. The smallest absolute Gasteiger partial charge is 0.318 e. The van der Waals surface area contributed by atoms with Gasteiger partial charge in [0.1, 0.15) is 17.6 Å². The van der Waals surface area contributed by atoms with Gasteiger partial charge < -0.3 is 24.5 Å². The fourth-order valence-electron chi connectivity index (χ4n) is 3.46. The number of nitrogens with zero attached hydrogens (tertiary/aromatic N) is 1. The molecular weight excluding hydrogens is 312 g/mol. The molecule has 2 aliphatic rings. The molecule has 7 nitrogen and oxygen atoms in total. The number of rotatable bonds is 3. The summed E-state index contributed by atoms with van der Waals surface area (Å²) in [5.41, 5.74) is 0. The summed E-state index contributed by atoms with van der Waals surface area (Å²) in [6.07, 6.45) is 2.64. The summed E-state index contributed by atoms with van der Waals surface area (Å²) in [5, 5.41) is 12.1. The molecule has 1 aromatic rings. The standard InChI is InChI=1S/C17H24N2O5/c1-11-2-7-15(24-11)14-10-23-9-8-19(14)17(22)18-13-5-3-12(4-6-13)16(20)21/h2,7,12-14H,3-6,8-10H2,1H3,(H,18,22)(H,20,21). The van der Waals surface area contributed by atoms with Gasteiger partial charge in [-0.25, -0.2) is 4.79 Å². The van der Waals surface area contributed by atoms with Crippen molar-refractivity contribution < 1.29 is 23.8 Å². The third-order valence-electron chi connectivity index (χ3n) is 4.88. The van der Waals surface area contributed by atoms with E-state index >= 15 is 0 Å². The molecule has 1 aromatic heterocycles. The van der Waals surface area contributed by atoms with E-state index in [1.165, 1.54) is 0 Å². The summed E-state index contributed by atoms with van der Waals surface area (Å²) >= 11 is 0. The number of ether oxygens (including phenoxy) is 1. The maximum absolute atomic E-state index is 12.7. The van der Waals surface area contributed by atoms with Crippen LogP contribution < -0.4 is 5.32 Å². The van der Waals surface area contributed by atoms with E-state index in [2.05, 4.69) is 5.32 Å². The molecule has 0 radical (unpaired) electrons. The van der Waals surface area contributed by atoms with Crippen molar-refractivity contribution in [1.82, 2.24) is 10.2 Å². The average molecular weight is 336 g/mol. The number of urea groups is 1. The number of hydrogen-bond acceptors (Lipinski definition) is 4. The molecule has 2 N–H and O–H groups in total. The lowest BCUT2D eigenvalue weighted by atomic mass is 9.86. The maximum Gasteiger partial charge on any atom is 0.318 e. The summed E-state index contributed by atoms with van der Waals surface area (Å²) in [4.78, 5) is 25.4.